The molecule has 0 saturated heterocycles. The van der Waals surface area contributed by atoms with E-state index in [0.717, 1.165) is 25.5 Å². The maximum atomic E-state index is 14.3. The number of carbonyl (C=O) groups is 2. The van der Waals surface area contributed by atoms with Gasteiger partial charge in [-0.15, -0.1) is 0 Å². The second-order valence-corrected chi connectivity index (χ2v) is 12.8. The topological polar surface area (TPSA) is 96.0 Å². The van der Waals surface area contributed by atoms with Gasteiger partial charge in [0.15, 0.2) is 0 Å². The quantitative estimate of drug-likeness (QED) is 0.221. The Hall–Kier alpha value is -4.15. The van der Waals surface area contributed by atoms with Gasteiger partial charge in [0, 0.05) is 24.5 Å². The summed E-state index contributed by atoms with van der Waals surface area (Å²) in [5.74, 6) is -0.369. The summed E-state index contributed by atoms with van der Waals surface area (Å²) in [7, 11) is -1.16. The van der Waals surface area contributed by atoms with Gasteiger partial charge in [-0.25, -0.2) is 8.42 Å². The number of aryl methyl sites for hydroxylation is 1. The van der Waals surface area contributed by atoms with E-state index in [2.05, 4.69) is 21.2 Å². The SMILES string of the molecule is CNC(=O)[C@H](Cc1ccccc1)N(Cc1ccc(Br)cc1)C(=O)CN(c1ccc(C)cc1)S(=O)(=O)c1ccc(OC)cc1. The van der Waals surface area contributed by atoms with Gasteiger partial charge in [0.1, 0.15) is 18.3 Å². The number of likely N-dealkylation sites (N-methyl/N-ethyl adjacent to an activating group) is 1. The predicted molar refractivity (Wildman–Crippen MR) is 171 cm³/mol. The molecule has 0 aliphatic heterocycles. The minimum absolute atomic E-state index is 0.00766. The highest BCUT2D eigenvalue weighted by Crippen LogP contribution is 2.27. The molecule has 1 atom stereocenters. The zero-order valence-electron chi connectivity index (χ0n) is 24.2. The highest BCUT2D eigenvalue weighted by atomic mass is 79.9. The maximum Gasteiger partial charge on any atom is 0.264 e. The highest BCUT2D eigenvalue weighted by molar-refractivity contribution is 9.10. The summed E-state index contributed by atoms with van der Waals surface area (Å²) in [6, 6.07) is 28.9. The van der Waals surface area contributed by atoms with Crippen LogP contribution in [0, 0.1) is 6.92 Å². The number of halogens is 1. The summed E-state index contributed by atoms with van der Waals surface area (Å²) in [5.41, 5.74) is 2.93. The fourth-order valence-electron chi connectivity index (χ4n) is 4.62. The van der Waals surface area contributed by atoms with Crippen LogP contribution >= 0.6 is 15.9 Å². The molecule has 0 aromatic heterocycles. The van der Waals surface area contributed by atoms with E-state index >= 15 is 0 Å². The van der Waals surface area contributed by atoms with Gasteiger partial charge >= 0.3 is 0 Å². The Kier molecular flexibility index (Phi) is 10.6. The molecule has 0 bridgehead atoms. The number of carbonyl (C=O) groups excluding carboxylic acids is 2. The van der Waals surface area contributed by atoms with E-state index in [0.29, 0.717) is 11.4 Å². The molecule has 0 spiro atoms. The number of hydrogen-bond donors (Lipinski definition) is 1. The summed E-state index contributed by atoms with van der Waals surface area (Å²) in [4.78, 5) is 29.1. The number of rotatable bonds is 12. The molecule has 0 saturated carbocycles. The van der Waals surface area contributed by atoms with E-state index in [1.165, 1.54) is 31.2 Å². The van der Waals surface area contributed by atoms with E-state index in [9.17, 15) is 18.0 Å². The first-order valence-electron chi connectivity index (χ1n) is 13.6. The van der Waals surface area contributed by atoms with Crippen molar-refractivity contribution >= 4 is 43.5 Å². The van der Waals surface area contributed by atoms with Gasteiger partial charge in [0.2, 0.25) is 11.8 Å². The van der Waals surface area contributed by atoms with Gasteiger partial charge < -0.3 is 15.0 Å². The molecule has 4 aromatic carbocycles. The Morgan fingerprint density at radius 1 is 0.860 bits per heavy atom. The summed E-state index contributed by atoms with van der Waals surface area (Å²) in [6.45, 7) is 1.48. The standard InChI is InChI=1S/C33H34BrN3O5S/c1-24-9-15-28(16-10-24)37(43(40,41)30-19-17-29(42-3)18-20-30)23-32(38)36(22-26-11-13-27(34)14-12-26)31(33(39)35-2)21-25-7-5-4-6-8-25/h4-20,31H,21-23H2,1-3H3,(H,35,39)/t31-/m0/s1. The van der Waals surface area contributed by atoms with Crippen LogP contribution in [0.25, 0.3) is 0 Å². The number of anilines is 1. The molecule has 0 radical (unpaired) electrons. The molecule has 224 valence electrons. The molecule has 0 heterocycles. The monoisotopic (exact) mass is 663 g/mol. The summed E-state index contributed by atoms with van der Waals surface area (Å²) in [6.07, 6.45) is 0.249. The molecular formula is C33H34BrN3O5S. The summed E-state index contributed by atoms with van der Waals surface area (Å²) >= 11 is 3.44. The maximum absolute atomic E-state index is 14.3. The second-order valence-electron chi connectivity index (χ2n) is 9.99. The number of methoxy groups -OCH3 is 1. The van der Waals surface area contributed by atoms with Gasteiger partial charge in [-0.2, -0.15) is 0 Å². The molecule has 2 amide bonds. The van der Waals surface area contributed by atoms with E-state index in [-0.39, 0.29) is 23.8 Å². The van der Waals surface area contributed by atoms with Crippen LogP contribution in [0.2, 0.25) is 0 Å². The minimum Gasteiger partial charge on any atom is -0.497 e. The van der Waals surface area contributed by atoms with E-state index in [1.807, 2.05) is 61.5 Å². The van der Waals surface area contributed by atoms with Gasteiger partial charge in [-0.1, -0.05) is 76.1 Å². The Morgan fingerprint density at radius 3 is 2.07 bits per heavy atom. The molecule has 1 N–H and O–H groups in total. The van der Waals surface area contributed by atoms with Crippen LogP contribution in [0.3, 0.4) is 0 Å². The predicted octanol–water partition coefficient (Wildman–Crippen LogP) is 5.35. The third-order valence-corrected chi connectivity index (χ3v) is 9.35. The Morgan fingerprint density at radius 2 is 1.49 bits per heavy atom. The number of sulfonamides is 1. The number of nitrogens with one attached hydrogen (secondary N) is 1. The molecular weight excluding hydrogens is 630 g/mol. The van der Waals surface area contributed by atoms with Crippen molar-refractivity contribution in [1.29, 1.82) is 0 Å². The van der Waals surface area contributed by atoms with Gasteiger partial charge in [0.25, 0.3) is 10.0 Å². The fraction of sp³-hybridized carbons (Fsp3) is 0.212. The average molecular weight is 665 g/mol. The third kappa shape index (κ3) is 8.03. The summed E-state index contributed by atoms with van der Waals surface area (Å²) < 4.78 is 35.3. The molecule has 8 nitrogen and oxygen atoms in total. The molecule has 0 unspecified atom stereocenters. The number of amides is 2. The third-order valence-electron chi connectivity index (χ3n) is 7.03. The number of nitrogens with zero attached hydrogens (tertiary/aromatic N) is 2. The van der Waals surface area contributed by atoms with Crippen LogP contribution in [0.15, 0.2) is 112 Å². The second kappa shape index (κ2) is 14.3. The summed E-state index contributed by atoms with van der Waals surface area (Å²) in [5, 5.41) is 2.69. The Balaban J connectivity index is 1.77. The zero-order chi connectivity index (χ0) is 31.0. The van der Waals surface area contributed by atoms with Crippen molar-refractivity contribution in [3.63, 3.8) is 0 Å². The van der Waals surface area contributed by atoms with Crippen LogP contribution in [0.5, 0.6) is 5.75 Å². The lowest BCUT2D eigenvalue weighted by Crippen LogP contribution is -2.53. The van der Waals surface area contributed by atoms with Crippen molar-refractivity contribution in [1.82, 2.24) is 10.2 Å². The normalized spacial score (nSPS) is 11.8. The zero-order valence-corrected chi connectivity index (χ0v) is 26.6. The number of hydrogen-bond acceptors (Lipinski definition) is 5. The molecule has 43 heavy (non-hydrogen) atoms. The first-order chi connectivity index (χ1) is 20.6. The van der Waals surface area contributed by atoms with Crippen LogP contribution < -0.4 is 14.4 Å². The molecule has 0 aliphatic rings. The van der Waals surface area contributed by atoms with Crippen molar-refractivity contribution in [3.8, 4) is 5.75 Å². The molecule has 4 rings (SSSR count). The number of benzene rings is 4. The Labute approximate surface area is 261 Å². The van der Waals surface area contributed by atoms with Crippen LogP contribution in [0.4, 0.5) is 5.69 Å². The van der Waals surface area contributed by atoms with Crippen molar-refractivity contribution in [2.24, 2.45) is 0 Å². The number of ether oxygens (including phenoxy) is 1. The Bertz CT molecular complexity index is 1630. The van der Waals surface area contributed by atoms with Crippen LogP contribution in [-0.4, -0.2) is 51.9 Å². The van der Waals surface area contributed by atoms with Gasteiger partial charge in [-0.05, 0) is 66.6 Å². The first kappa shape index (κ1) is 31.8. The van der Waals surface area contributed by atoms with Crippen molar-refractivity contribution < 1.29 is 22.7 Å². The van der Waals surface area contributed by atoms with Crippen molar-refractivity contribution in [2.75, 3.05) is 25.0 Å². The highest BCUT2D eigenvalue weighted by Gasteiger charge is 2.34. The van der Waals surface area contributed by atoms with Gasteiger partial charge in [-0.3, -0.25) is 13.9 Å². The van der Waals surface area contributed by atoms with Crippen molar-refractivity contribution in [2.45, 2.75) is 30.8 Å². The molecule has 4 aromatic rings. The lowest BCUT2D eigenvalue weighted by molar-refractivity contribution is -0.139. The van der Waals surface area contributed by atoms with E-state index in [4.69, 9.17) is 4.74 Å². The van der Waals surface area contributed by atoms with E-state index < -0.39 is 28.5 Å². The molecule has 0 aliphatic carbocycles. The average Bonchev–Trinajstić information content (AvgIpc) is 3.03. The molecule has 0 fully saturated rings. The minimum atomic E-state index is -4.19. The largest absolute Gasteiger partial charge is 0.497 e. The smallest absolute Gasteiger partial charge is 0.264 e. The van der Waals surface area contributed by atoms with Crippen molar-refractivity contribution in [3.05, 3.63) is 124 Å². The lowest BCUT2D eigenvalue weighted by Gasteiger charge is -2.33. The first-order valence-corrected chi connectivity index (χ1v) is 15.9. The molecule has 10 heteroatoms. The lowest BCUT2D eigenvalue weighted by atomic mass is 10.0. The van der Waals surface area contributed by atoms with Crippen LogP contribution in [-0.2, 0) is 32.6 Å². The van der Waals surface area contributed by atoms with E-state index in [1.54, 1.807) is 36.4 Å². The van der Waals surface area contributed by atoms with Crippen LogP contribution in [0.1, 0.15) is 16.7 Å². The fourth-order valence-corrected chi connectivity index (χ4v) is 6.30. The van der Waals surface area contributed by atoms with Gasteiger partial charge in [0.05, 0.1) is 17.7 Å².